The van der Waals surface area contributed by atoms with Gasteiger partial charge in [0.25, 0.3) is 5.91 Å². The van der Waals surface area contributed by atoms with Gasteiger partial charge in [0.05, 0.1) is 19.3 Å². The Hall–Kier alpha value is -1.87. The Morgan fingerprint density at radius 2 is 2.04 bits per heavy atom. The number of benzene rings is 1. The van der Waals surface area contributed by atoms with E-state index in [-0.39, 0.29) is 25.4 Å². The van der Waals surface area contributed by atoms with Crippen molar-refractivity contribution >= 4 is 5.91 Å². The Morgan fingerprint density at radius 3 is 2.82 bits per heavy atom. The number of carbonyl (C=O) groups is 1. The summed E-state index contributed by atoms with van der Waals surface area (Å²) in [5.74, 6) is 1.60. The highest BCUT2D eigenvalue weighted by Crippen LogP contribution is 2.32. The standard InChI is InChI=1S/C20H28N2O6/c23-16(13-25-12-15-3-4-17-19(10-15)28-14-27-17)11-21-5-7-22(8-6-21)20(24)18-2-1-9-26-18/h3-4,10,16,18,23H,1-2,5-9,11-14H2/t16-,18+/m0/s1. The van der Waals surface area contributed by atoms with E-state index in [4.69, 9.17) is 18.9 Å². The molecule has 8 heteroatoms. The van der Waals surface area contributed by atoms with Crippen molar-refractivity contribution in [1.29, 1.82) is 0 Å². The topological polar surface area (TPSA) is 80.7 Å². The Labute approximate surface area is 164 Å². The number of piperazine rings is 1. The van der Waals surface area contributed by atoms with E-state index in [9.17, 15) is 9.90 Å². The lowest BCUT2D eigenvalue weighted by Gasteiger charge is -2.36. The molecule has 0 aromatic heterocycles. The first kappa shape index (κ1) is 19.4. The van der Waals surface area contributed by atoms with Crippen molar-refractivity contribution in [3.8, 4) is 11.5 Å². The van der Waals surface area contributed by atoms with Crippen LogP contribution in [0.1, 0.15) is 18.4 Å². The third kappa shape index (κ3) is 4.75. The van der Waals surface area contributed by atoms with Gasteiger partial charge in [-0.15, -0.1) is 0 Å². The molecule has 0 unspecified atom stereocenters. The van der Waals surface area contributed by atoms with Crippen molar-refractivity contribution in [1.82, 2.24) is 9.80 Å². The molecule has 8 nitrogen and oxygen atoms in total. The van der Waals surface area contributed by atoms with E-state index < -0.39 is 6.10 Å². The summed E-state index contributed by atoms with van der Waals surface area (Å²) in [4.78, 5) is 16.4. The van der Waals surface area contributed by atoms with E-state index in [0.717, 1.165) is 43.0 Å². The van der Waals surface area contributed by atoms with E-state index in [1.165, 1.54) is 0 Å². The molecule has 4 rings (SSSR count). The fourth-order valence-electron chi connectivity index (χ4n) is 3.82. The first-order valence-electron chi connectivity index (χ1n) is 9.96. The average molecular weight is 392 g/mol. The van der Waals surface area contributed by atoms with E-state index in [1.54, 1.807) is 0 Å². The van der Waals surface area contributed by atoms with Gasteiger partial charge >= 0.3 is 0 Å². The summed E-state index contributed by atoms with van der Waals surface area (Å²) < 4.78 is 21.8. The fraction of sp³-hybridized carbons (Fsp3) is 0.650. The second kappa shape index (κ2) is 9.09. The van der Waals surface area contributed by atoms with E-state index in [1.807, 2.05) is 23.1 Å². The second-order valence-electron chi connectivity index (χ2n) is 7.48. The minimum absolute atomic E-state index is 0.116. The van der Waals surface area contributed by atoms with Gasteiger partial charge in [-0.3, -0.25) is 9.69 Å². The van der Waals surface area contributed by atoms with Crippen LogP contribution in [0.3, 0.4) is 0 Å². The molecule has 0 radical (unpaired) electrons. The summed E-state index contributed by atoms with van der Waals surface area (Å²) in [5.41, 5.74) is 0.984. The molecular weight excluding hydrogens is 364 g/mol. The lowest BCUT2D eigenvalue weighted by Crippen LogP contribution is -2.52. The summed E-state index contributed by atoms with van der Waals surface area (Å²) in [5, 5.41) is 10.3. The second-order valence-corrected chi connectivity index (χ2v) is 7.48. The third-order valence-corrected chi connectivity index (χ3v) is 5.37. The smallest absolute Gasteiger partial charge is 0.251 e. The summed E-state index contributed by atoms with van der Waals surface area (Å²) >= 11 is 0. The van der Waals surface area contributed by atoms with Crippen LogP contribution in [0.4, 0.5) is 0 Å². The first-order valence-corrected chi connectivity index (χ1v) is 9.96. The van der Waals surface area contributed by atoms with Crippen LogP contribution in [0.2, 0.25) is 0 Å². The lowest BCUT2D eigenvalue weighted by molar-refractivity contribution is -0.142. The number of amides is 1. The van der Waals surface area contributed by atoms with Gasteiger partial charge in [0.1, 0.15) is 6.10 Å². The fourth-order valence-corrected chi connectivity index (χ4v) is 3.82. The van der Waals surface area contributed by atoms with Crippen LogP contribution in [0.15, 0.2) is 18.2 Å². The Balaban J connectivity index is 1.14. The number of aliphatic hydroxyl groups excluding tert-OH is 1. The zero-order chi connectivity index (χ0) is 19.3. The number of nitrogens with zero attached hydrogens (tertiary/aromatic N) is 2. The molecule has 1 aromatic rings. The van der Waals surface area contributed by atoms with Gasteiger partial charge in [-0.1, -0.05) is 6.07 Å². The van der Waals surface area contributed by atoms with Crippen molar-refractivity contribution in [3.63, 3.8) is 0 Å². The molecular formula is C20H28N2O6. The quantitative estimate of drug-likeness (QED) is 0.728. The zero-order valence-corrected chi connectivity index (χ0v) is 16.0. The summed E-state index contributed by atoms with van der Waals surface area (Å²) in [6.45, 7) is 5.06. The van der Waals surface area contributed by atoms with Crippen molar-refractivity contribution in [2.45, 2.75) is 31.7 Å². The number of carbonyl (C=O) groups excluding carboxylic acids is 1. The predicted molar refractivity (Wildman–Crippen MR) is 100 cm³/mol. The molecule has 3 heterocycles. The minimum atomic E-state index is -0.561. The highest BCUT2D eigenvalue weighted by atomic mass is 16.7. The number of hydrogen-bond donors (Lipinski definition) is 1. The van der Waals surface area contributed by atoms with Crippen LogP contribution in [0, 0.1) is 0 Å². The molecule has 3 aliphatic rings. The molecule has 28 heavy (non-hydrogen) atoms. The number of hydrogen-bond acceptors (Lipinski definition) is 7. The maximum absolute atomic E-state index is 12.4. The van der Waals surface area contributed by atoms with Crippen molar-refractivity contribution in [3.05, 3.63) is 23.8 Å². The first-order chi connectivity index (χ1) is 13.7. The Kier molecular flexibility index (Phi) is 6.31. The summed E-state index contributed by atoms with van der Waals surface area (Å²) in [6, 6.07) is 5.71. The number of fused-ring (bicyclic) bond motifs is 1. The monoisotopic (exact) mass is 392 g/mol. The Bertz CT molecular complexity index is 671. The minimum Gasteiger partial charge on any atom is -0.454 e. The van der Waals surface area contributed by atoms with Crippen molar-refractivity contribution in [2.75, 3.05) is 52.7 Å². The van der Waals surface area contributed by atoms with Gasteiger partial charge in [0, 0.05) is 39.3 Å². The number of aliphatic hydroxyl groups is 1. The molecule has 2 atom stereocenters. The van der Waals surface area contributed by atoms with Gasteiger partial charge in [-0.05, 0) is 30.5 Å². The van der Waals surface area contributed by atoms with Gasteiger partial charge in [-0.2, -0.15) is 0 Å². The summed E-state index contributed by atoms with van der Waals surface area (Å²) in [7, 11) is 0. The largest absolute Gasteiger partial charge is 0.454 e. The highest BCUT2D eigenvalue weighted by Gasteiger charge is 2.30. The molecule has 0 bridgehead atoms. The molecule has 1 N–H and O–H groups in total. The molecule has 2 saturated heterocycles. The van der Waals surface area contributed by atoms with Crippen molar-refractivity contribution < 1.29 is 28.8 Å². The predicted octanol–water partition coefficient (Wildman–Crippen LogP) is 0.616. The van der Waals surface area contributed by atoms with Gasteiger partial charge in [0.15, 0.2) is 11.5 Å². The molecule has 1 amide bonds. The Morgan fingerprint density at radius 1 is 1.21 bits per heavy atom. The van der Waals surface area contributed by atoms with Crippen LogP contribution in [-0.2, 0) is 20.9 Å². The molecule has 154 valence electrons. The van der Waals surface area contributed by atoms with Crippen LogP contribution in [0.25, 0.3) is 0 Å². The third-order valence-electron chi connectivity index (χ3n) is 5.37. The molecule has 1 aromatic carbocycles. The van der Waals surface area contributed by atoms with Crippen LogP contribution in [0.5, 0.6) is 11.5 Å². The zero-order valence-electron chi connectivity index (χ0n) is 16.0. The van der Waals surface area contributed by atoms with Gasteiger partial charge in [-0.25, -0.2) is 0 Å². The molecule has 0 saturated carbocycles. The molecule has 0 spiro atoms. The molecule has 2 fully saturated rings. The van der Waals surface area contributed by atoms with Gasteiger partial charge < -0.3 is 29.0 Å². The van der Waals surface area contributed by atoms with E-state index >= 15 is 0 Å². The summed E-state index contributed by atoms with van der Waals surface area (Å²) in [6.07, 6.45) is 0.990. The number of rotatable bonds is 7. The van der Waals surface area contributed by atoms with Gasteiger partial charge in [0.2, 0.25) is 6.79 Å². The molecule has 3 aliphatic heterocycles. The molecule has 0 aliphatic carbocycles. The normalized spacial score (nSPS) is 23.2. The van der Waals surface area contributed by atoms with Crippen LogP contribution in [-0.4, -0.2) is 85.8 Å². The highest BCUT2D eigenvalue weighted by molar-refractivity contribution is 5.81. The number of ether oxygens (including phenoxy) is 4. The van der Waals surface area contributed by atoms with Crippen LogP contribution < -0.4 is 9.47 Å². The van der Waals surface area contributed by atoms with E-state index in [2.05, 4.69) is 4.90 Å². The lowest BCUT2D eigenvalue weighted by atomic mass is 10.2. The average Bonchev–Trinajstić information content (AvgIpc) is 3.39. The maximum atomic E-state index is 12.4. The van der Waals surface area contributed by atoms with Crippen LogP contribution >= 0.6 is 0 Å². The SMILES string of the molecule is O=C([C@H]1CCCO1)N1CCN(C[C@H](O)COCc2ccc3c(c2)OCO3)CC1. The number of β-amino-alcohol motifs (C(OH)–C–C–N with tert-alkyl or cyclic N) is 1. The van der Waals surface area contributed by atoms with E-state index in [0.29, 0.717) is 32.8 Å². The van der Waals surface area contributed by atoms with Crippen molar-refractivity contribution in [2.24, 2.45) is 0 Å². The maximum Gasteiger partial charge on any atom is 0.251 e.